The number of rotatable bonds is 8. The van der Waals surface area contributed by atoms with Crippen LogP contribution < -0.4 is 5.32 Å². The Morgan fingerprint density at radius 1 is 1.55 bits per heavy atom. The molecule has 1 aromatic heterocycles. The maximum atomic E-state index is 11.9. The van der Waals surface area contributed by atoms with Gasteiger partial charge in [0.25, 0.3) is 11.6 Å². The van der Waals surface area contributed by atoms with Gasteiger partial charge in [-0.15, -0.1) is 0 Å². The summed E-state index contributed by atoms with van der Waals surface area (Å²) in [4.78, 5) is 25.6. The third-order valence-corrected chi connectivity index (χ3v) is 2.67. The Hall–Kier alpha value is -1.73. The number of pyridine rings is 1. The zero-order valence-corrected chi connectivity index (χ0v) is 11.9. The number of hydrogen-bond acceptors (Lipinski definition) is 5. The molecule has 8 heteroatoms. The van der Waals surface area contributed by atoms with Crippen LogP contribution >= 0.6 is 11.6 Å². The van der Waals surface area contributed by atoms with E-state index in [1.165, 1.54) is 6.07 Å². The fourth-order valence-electron chi connectivity index (χ4n) is 1.43. The molecule has 1 aromatic rings. The average Bonchev–Trinajstić information content (AvgIpc) is 2.42. The van der Waals surface area contributed by atoms with Crippen molar-refractivity contribution >= 4 is 23.2 Å². The van der Waals surface area contributed by atoms with Gasteiger partial charge < -0.3 is 10.1 Å². The number of carbonyl (C=O) groups excluding carboxylic acids is 1. The average molecular weight is 302 g/mol. The molecule has 0 atom stereocenters. The van der Waals surface area contributed by atoms with Crippen molar-refractivity contribution in [3.63, 3.8) is 0 Å². The molecule has 0 saturated heterocycles. The van der Waals surface area contributed by atoms with Crippen molar-refractivity contribution in [2.45, 2.75) is 19.8 Å². The molecule has 0 unspecified atom stereocenters. The molecule has 0 saturated carbocycles. The Bertz CT molecular complexity index is 482. The van der Waals surface area contributed by atoms with Crippen LogP contribution in [0.1, 0.15) is 30.1 Å². The third kappa shape index (κ3) is 5.10. The van der Waals surface area contributed by atoms with Crippen LogP contribution in [0, 0.1) is 10.1 Å². The smallest absolute Gasteiger partial charge is 0.300 e. The van der Waals surface area contributed by atoms with Crippen LogP contribution in [0.15, 0.2) is 12.3 Å². The number of nitro groups is 1. The lowest BCUT2D eigenvalue weighted by atomic mass is 10.2. The standard InChI is InChI=1S/C12H16ClN3O4/c1-2-3-5-20-6-4-14-12(17)9-7-11(13)15-8-10(9)16(18)19/h7-8H,2-6H2,1H3,(H,14,17). The molecule has 0 fully saturated rings. The van der Waals surface area contributed by atoms with Crippen molar-refractivity contribution < 1.29 is 14.5 Å². The van der Waals surface area contributed by atoms with E-state index in [9.17, 15) is 14.9 Å². The zero-order valence-electron chi connectivity index (χ0n) is 11.1. The first-order valence-corrected chi connectivity index (χ1v) is 6.60. The second kappa shape index (κ2) is 8.44. The van der Waals surface area contributed by atoms with E-state index in [1.54, 1.807) is 0 Å². The lowest BCUT2D eigenvalue weighted by molar-refractivity contribution is -0.385. The molecule has 1 amide bonds. The van der Waals surface area contributed by atoms with E-state index >= 15 is 0 Å². The second-order valence-electron chi connectivity index (χ2n) is 4.00. The van der Waals surface area contributed by atoms with Crippen LogP contribution in [-0.4, -0.2) is 35.6 Å². The van der Waals surface area contributed by atoms with Gasteiger partial charge in [0.1, 0.15) is 16.9 Å². The Morgan fingerprint density at radius 3 is 2.95 bits per heavy atom. The van der Waals surface area contributed by atoms with Gasteiger partial charge in [-0.25, -0.2) is 4.98 Å². The van der Waals surface area contributed by atoms with Crippen LogP contribution in [0.3, 0.4) is 0 Å². The third-order valence-electron chi connectivity index (χ3n) is 2.47. The quantitative estimate of drug-likeness (QED) is 0.344. The highest BCUT2D eigenvalue weighted by molar-refractivity contribution is 6.29. The van der Waals surface area contributed by atoms with Crippen molar-refractivity contribution in [3.05, 3.63) is 33.1 Å². The maximum Gasteiger partial charge on any atom is 0.300 e. The predicted octanol–water partition coefficient (Wildman–Crippen LogP) is 2.19. The second-order valence-corrected chi connectivity index (χ2v) is 4.39. The van der Waals surface area contributed by atoms with Gasteiger partial charge in [-0.1, -0.05) is 24.9 Å². The Kier molecular flexibility index (Phi) is 6.89. The summed E-state index contributed by atoms with van der Waals surface area (Å²) in [6.45, 7) is 3.32. The summed E-state index contributed by atoms with van der Waals surface area (Å²) in [6.07, 6.45) is 2.96. The number of aromatic nitrogens is 1. The number of hydrogen-bond donors (Lipinski definition) is 1. The molecule has 0 aromatic carbocycles. The van der Waals surface area contributed by atoms with E-state index in [4.69, 9.17) is 16.3 Å². The van der Waals surface area contributed by atoms with Crippen molar-refractivity contribution in [1.29, 1.82) is 0 Å². The summed E-state index contributed by atoms with van der Waals surface area (Å²) in [5.74, 6) is -0.569. The van der Waals surface area contributed by atoms with Crippen molar-refractivity contribution in [3.8, 4) is 0 Å². The van der Waals surface area contributed by atoms with Crippen LogP contribution in [0.2, 0.25) is 5.15 Å². The van der Waals surface area contributed by atoms with Gasteiger partial charge in [0.15, 0.2) is 0 Å². The summed E-state index contributed by atoms with van der Waals surface area (Å²) < 4.78 is 5.27. The SMILES string of the molecule is CCCCOCCNC(=O)c1cc(Cl)ncc1[N+](=O)[O-]. The number of unbranched alkanes of at least 4 members (excludes halogenated alkanes) is 1. The predicted molar refractivity (Wildman–Crippen MR) is 74.0 cm³/mol. The van der Waals surface area contributed by atoms with Crippen LogP contribution in [0.5, 0.6) is 0 Å². The van der Waals surface area contributed by atoms with E-state index in [1.807, 2.05) is 0 Å². The maximum absolute atomic E-state index is 11.9. The van der Waals surface area contributed by atoms with Crippen molar-refractivity contribution in [2.24, 2.45) is 0 Å². The highest BCUT2D eigenvalue weighted by Crippen LogP contribution is 2.19. The summed E-state index contributed by atoms with van der Waals surface area (Å²) in [6, 6.07) is 1.17. The van der Waals surface area contributed by atoms with E-state index in [-0.39, 0.29) is 22.9 Å². The van der Waals surface area contributed by atoms with E-state index < -0.39 is 10.8 Å². The molecular weight excluding hydrogens is 286 g/mol. The largest absolute Gasteiger partial charge is 0.380 e. The molecule has 7 nitrogen and oxygen atoms in total. The molecule has 0 radical (unpaired) electrons. The summed E-state index contributed by atoms with van der Waals surface area (Å²) in [7, 11) is 0. The number of halogens is 1. The van der Waals surface area contributed by atoms with Gasteiger partial charge in [-0.2, -0.15) is 0 Å². The minimum Gasteiger partial charge on any atom is -0.380 e. The van der Waals surface area contributed by atoms with Crippen molar-refractivity contribution in [2.75, 3.05) is 19.8 Å². The van der Waals surface area contributed by atoms with Crippen molar-refractivity contribution in [1.82, 2.24) is 10.3 Å². The molecule has 0 aliphatic heterocycles. The number of nitrogens with one attached hydrogen (secondary N) is 1. The molecule has 1 heterocycles. The van der Waals surface area contributed by atoms with Gasteiger partial charge in [-0.3, -0.25) is 14.9 Å². The van der Waals surface area contributed by atoms with E-state index in [0.29, 0.717) is 13.2 Å². The van der Waals surface area contributed by atoms with Gasteiger partial charge in [0.2, 0.25) is 0 Å². The van der Waals surface area contributed by atoms with Gasteiger partial charge in [-0.05, 0) is 12.5 Å². The molecule has 20 heavy (non-hydrogen) atoms. The number of carbonyl (C=O) groups is 1. The summed E-state index contributed by atoms with van der Waals surface area (Å²) in [5.41, 5.74) is -0.484. The molecule has 0 bridgehead atoms. The highest BCUT2D eigenvalue weighted by atomic mass is 35.5. The Balaban J connectivity index is 2.54. The number of amides is 1. The van der Waals surface area contributed by atoms with E-state index in [2.05, 4.69) is 17.2 Å². The molecule has 1 rings (SSSR count). The summed E-state index contributed by atoms with van der Waals surface area (Å²) >= 11 is 5.65. The Morgan fingerprint density at radius 2 is 2.30 bits per heavy atom. The molecule has 1 N–H and O–H groups in total. The summed E-state index contributed by atoms with van der Waals surface area (Å²) in [5, 5.41) is 13.4. The van der Waals surface area contributed by atoms with Gasteiger partial charge >= 0.3 is 0 Å². The number of nitrogens with zero attached hydrogens (tertiary/aromatic N) is 2. The topological polar surface area (TPSA) is 94.4 Å². The molecular formula is C12H16ClN3O4. The monoisotopic (exact) mass is 301 g/mol. The zero-order chi connectivity index (χ0) is 15.0. The first-order valence-electron chi connectivity index (χ1n) is 6.22. The molecule has 0 aliphatic carbocycles. The number of ether oxygens (including phenoxy) is 1. The minimum absolute atomic E-state index is 0.0277. The lowest BCUT2D eigenvalue weighted by Gasteiger charge is -2.06. The highest BCUT2D eigenvalue weighted by Gasteiger charge is 2.20. The first kappa shape index (κ1) is 16.3. The molecule has 110 valence electrons. The first-order chi connectivity index (χ1) is 9.56. The van der Waals surface area contributed by atoms with Crippen LogP contribution in [-0.2, 0) is 4.74 Å². The van der Waals surface area contributed by atoms with Gasteiger partial charge in [0, 0.05) is 13.2 Å². The molecule has 0 aliphatic rings. The van der Waals surface area contributed by atoms with Crippen LogP contribution in [0.4, 0.5) is 5.69 Å². The van der Waals surface area contributed by atoms with Crippen LogP contribution in [0.25, 0.3) is 0 Å². The van der Waals surface area contributed by atoms with E-state index in [0.717, 1.165) is 19.0 Å². The van der Waals surface area contributed by atoms with Gasteiger partial charge in [0.05, 0.1) is 11.5 Å². The Labute approximate surface area is 121 Å². The minimum atomic E-state index is -0.671. The lowest BCUT2D eigenvalue weighted by Crippen LogP contribution is -2.28. The fraction of sp³-hybridized carbons (Fsp3) is 0.500. The molecule has 0 spiro atoms. The fourth-order valence-corrected chi connectivity index (χ4v) is 1.59. The normalized spacial score (nSPS) is 10.3.